The Kier molecular flexibility index (Phi) is 3.84. The van der Waals surface area contributed by atoms with Crippen molar-refractivity contribution in [3.8, 4) is 0 Å². The van der Waals surface area contributed by atoms with Gasteiger partial charge in [-0.15, -0.1) is 11.3 Å². The van der Waals surface area contributed by atoms with Crippen molar-refractivity contribution in [2.24, 2.45) is 0 Å². The van der Waals surface area contributed by atoms with Crippen LogP contribution in [0.5, 0.6) is 0 Å². The van der Waals surface area contributed by atoms with E-state index in [-0.39, 0.29) is 12.0 Å². The van der Waals surface area contributed by atoms with Crippen LogP contribution in [0.15, 0.2) is 12.1 Å². The molecule has 0 amide bonds. The van der Waals surface area contributed by atoms with E-state index in [1.807, 2.05) is 6.07 Å². The van der Waals surface area contributed by atoms with E-state index in [2.05, 4.69) is 11.4 Å². The summed E-state index contributed by atoms with van der Waals surface area (Å²) in [6.07, 6.45) is 1.84. The van der Waals surface area contributed by atoms with Gasteiger partial charge in [-0.1, -0.05) is 11.6 Å². The van der Waals surface area contributed by atoms with Crippen molar-refractivity contribution in [1.29, 1.82) is 0 Å². The van der Waals surface area contributed by atoms with Crippen LogP contribution in [0.1, 0.15) is 23.6 Å². The molecular formula is C11H14ClNO2S. The van der Waals surface area contributed by atoms with Gasteiger partial charge in [0.25, 0.3) is 0 Å². The summed E-state index contributed by atoms with van der Waals surface area (Å²) in [7, 11) is 1.43. The van der Waals surface area contributed by atoms with Crippen LogP contribution in [0.2, 0.25) is 4.34 Å². The highest BCUT2D eigenvalue weighted by molar-refractivity contribution is 7.16. The molecule has 1 fully saturated rings. The zero-order valence-electron chi connectivity index (χ0n) is 9.03. The third-order valence-corrected chi connectivity index (χ3v) is 4.28. The molecule has 0 aromatic carbocycles. The van der Waals surface area contributed by atoms with Gasteiger partial charge in [0, 0.05) is 4.88 Å². The minimum absolute atomic E-state index is 0.174. The fourth-order valence-corrected chi connectivity index (χ4v) is 3.25. The van der Waals surface area contributed by atoms with Gasteiger partial charge in [0.15, 0.2) is 0 Å². The number of methoxy groups -OCH3 is 1. The molecule has 16 heavy (non-hydrogen) atoms. The van der Waals surface area contributed by atoms with E-state index < -0.39 is 0 Å². The maximum atomic E-state index is 11.4. The minimum atomic E-state index is -0.176. The summed E-state index contributed by atoms with van der Waals surface area (Å²) in [5.41, 5.74) is 0. The molecular weight excluding hydrogens is 246 g/mol. The summed E-state index contributed by atoms with van der Waals surface area (Å²) < 4.78 is 5.56. The first kappa shape index (κ1) is 11.9. The molecule has 2 rings (SSSR count). The molecule has 0 spiro atoms. The fourth-order valence-electron chi connectivity index (χ4n) is 2.05. The van der Waals surface area contributed by atoms with E-state index in [4.69, 9.17) is 16.3 Å². The predicted molar refractivity (Wildman–Crippen MR) is 65.1 cm³/mol. The van der Waals surface area contributed by atoms with Gasteiger partial charge in [-0.25, -0.2) is 0 Å². The molecule has 88 valence electrons. The summed E-state index contributed by atoms with van der Waals surface area (Å²) in [6, 6.07) is 3.79. The molecule has 1 aromatic heterocycles. The second kappa shape index (κ2) is 5.17. The number of esters is 1. The zero-order chi connectivity index (χ0) is 11.5. The van der Waals surface area contributed by atoms with E-state index in [1.54, 1.807) is 11.3 Å². The van der Waals surface area contributed by atoms with Gasteiger partial charge < -0.3 is 10.1 Å². The average Bonchev–Trinajstić information content (AvgIpc) is 2.75. The first-order chi connectivity index (χ1) is 7.70. The van der Waals surface area contributed by atoms with Crippen LogP contribution in [0.4, 0.5) is 0 Å². The van der Waals surface area contributed by atoms with Gasteiger partial charge >= 0.3 is 5.97 Å². The van der Waals surface area contributed by atoms with Crippen molar-refractivity contribution in [2.45, 2.75) is 24.8 Å². The molecule has 2 heterocycles. The second-order valence-corrected chi connectivity index (χ2v) is 5.64. The lowest BCUT2D eigenvalue weighted by Crippen LogP contribution is -2.43. The largest absolute Gasteiger partial charge is 0.468 e. The number of hydrogen-bond acceptors (Lipinski definition) is 4. The lowest BCUT2D eigenvalue weighted by atomic mass is 9.91. The van der Waals surface area contributed by atoms with Crippen molar-refractivity contribution in [1.82, 2.24) is 5.32 Å². The SMILES string of the molecule is COC(=O)C1CC(c2ccc(Cl)s2)CCN1. The smallest absolute Gasteiger partial charge is 0.322 e. The van der Waals surface area contributed by atoms with E-state index in [0.717, 1.165) is 23.7 Å². The van der Waals surface area contributed by atoms with Crippen LogP contribution in [-0.4, -0.2) is 25.7 Å². The molecule has 3 nitrogen and oxygen atoms in total. The monoisotopic (exact) mass is 259 g/mol. The third kappa shape index (κ3) is 2.56. The molecule has 1 aromatic rings. The summed E-state index contributed by atoms with van der Waals surface area (Å²) in [5.74, 6) is 0.246. The summed E-state index contributed by atoms with van der Waals surface area (Å²) in [5, 5.41) is 3.17. The van der Waals surface area contributed by atoms with Crippen LogP contribution in [0, 0.1) is 0 Å². The Labute approximate surface area is 104 Å². The molecule has 1 N–H and O–H groups in total. The molecule has 2 unspecified atom stereocenters. The van der Waals surface area contributed by atoms with Crippen molar-refractivity contribution in [3.05, 3.63) is 21.3 Å². The Bertz CT molecular complexity index is 380. The van der Waals surface area contributed by atoms with Crippen molar-refractivity contribution >= 4 is 28.9 Å². The topological polar surface area (TPSA) is 38.3 Å². The average molecular weight is 260 g/mol. The van der Waals surface area contributed by atoms with Crippen molar-refractivity contribution < 1.29 is 9.53 Å². The van der Waals surface area contributed by atoms with Gasteiger partial charge in [-0.3, -0.25) is 4.79 Å². The van der Waals surface area contributed by atoms with Crippen LogP contribution in [0.3, 0.4) is 0 Å². The highest BCUT2D eigenvalue weighted by atomic mass is 35.5. The quantitative estimate of drug-likeness (QED) is 0.829. The first-order valence-corrected chi connectivity index (χ1v) is 6.46. The molecule has 5 heteroatoms. The number of halogens is 1. The number of thiophene rings is 1. The van der Waals surface area contributed by atoms with Gasteiger partial charge in [-0.05, 0) is 37.4 Å². The van der Waals surface area contributed by atoms with Gasteiger partial charge in [0.2, 0.25) is 0 Å². The highest BCUT2D eigenvalue weighted by Crippen LogP contribution is 2.34. The Hall–Kier alpha value is -0.580. The number of hydrogen-bond donors (Lipinski definition) is 1. The third-order valence-electron chi connectivity index (χ3n) is 2.89. The zero-order valence-corrected chi connectivity index (χ0v) is 10.6. The first-order valence-electron chi connectivity index (χ1n) is 5.27. The maximum Gasteiger partial charge on any atom is 0.322 e. The van der Waals surface area contributed by atoms with Crippen LogP contribution < -0.4 is 5.32 Å². The van der Waals surface area contributed by atoms with Crippen molar-refractivity contribution in [2.75, 3.05) is 13.7 Å². The highest BCUT2D eigenvalue weighted by Gasteiger charge is 2.28. The summed E-state index contributed by atoms with van der Waals surface area (Å²) in [4.78, 5) is 12.7. The van der Waals surface area contributed by atoms with E-state index in [0.29, 0.717) is 5.92 Å². The minimum Gasteiger partial charge on any atom is -0.468 e. The standard InChI is InChI=1S/C11H14ClNO2S/c1-15-11(14)8-6-7(4-5-13-8)9-2-3-10(12)16-9/h2-3,7-8,13H,4-6H2,1H3. The van der Waals surface area contributed by atoms with E-state index in [9.17, 15) is 4.79 Å². The molecule has 0 bridgehead atoms. The Morgan fingerprint density at radius 2 is 2.44 bits per heavy atom. The predicted octanol–water partition coefficient (Wildman–Crippen LogP) is 2.41. The number of piperidine rings is 1. The Balaban J connectivity index is 2.04. The summed E-state index contributed by atoms with van der Waals surface area (Å²) in [6.45, 7) is 0.847. The number of ether oxygens (including phenoxy) is 1. The normalized spacial score (nSPS) is 25.4. The fraction of sp³-hybridized carbons (Fsp3) is 0.545. The molecule has 0 saturated carbocycles. The number of carbonyl (C=O) groups is 1. The lowest BCUT2D eigenvalue weighted by molar-refractivity contribution is -0.143. The van der Waals surface area contributed by atoms with Gasteiger partial charge in [0.05, 0.1) is 11.4 Å². The number of rotatable bonds is 2. The van der Waals surface area contributed by atoms with Crippen LogP contribution >= 0.6 is 22.9 Å². The van der Waals surface area contributed by atoms with Gasteiger partial charge in [0.1, 0.15) is 6.04 Å². The molecule has 1 aliphatic heterocycles. The van der Waals surface area contributed by atoms with Crippen LogP contribution in [-0.2, 0) is 9.53 Å². The lowest BCUT2D eigenvalue weighted by Gasteiger charge is -2.27. The molecule has 0 radical (unpaired) electrons. The number of nitrogens with one attached hydrogen (secondary N) is 1. The molecule has 1 aliphatic rings. The molecule has 1 saturated heterocycles. The number of carbonyl (C=O) groups excluding carboxylic acids is 1. The molecule has 0 aliphatic carbocycles. The van der Waals surface area contributed by atoms with Crippen molar-refractivity contribution in [3.63, 3.8) is 0 Å². The van der Waals surface area contributed by atoms with Crippen LogP contribution in [0.25, 0.3) is 0 Å². The Morgan fingerprint density at radius 3 is 3.06 bits per heavy atom. The van der Waals surface area contributed by atoms with E-state index >= 15 is 0 Å². The molecule has 2 atom stereocenters. The van der Waals surface area contributed by atoms with E-state index in [1.165, 1.54) is 12.0 Å². The van der Waals surface area contributed by atoms with Gasteiger partial charge in [-0.2, -0.15) is 0 Å². The Morgan fingerprint density at radius 1 is 1.62 bits per heavy atom. The second-order valence-electron chi connectivity index (χ2n) is 3.89. The summed E-state index contributed by atoms with van der Waals surface area (Å²) >= 11 is 7.52. The maximum absolute atomic E-state index is 11.4.